The van der Waals surface area contributed by atoms with Gasteiger partial charge in [0.2, 0.25) is 0 Å². The summed E-state index contributed by atoms with van der Waals surface area (Å²) in [6.45, 7) is 1.97. The monoisotopic (exact) mass is 574 g/mol. The standard InChI is InChI=1S/C31H34F8O/c1-2-3-4-5-19-6-15-25(26(32)16-19)31(38,39)40-24-13-11-21(12-14-24)20-7-9-22(10-8-20)23-17-27(33)29(28(34)18-23)30(35,36)37/h3-4,6,15-18,20-22,24H,2,5,7-14H2,1H3/b4-3+. The summed E-state index contributed by atoms with van der Waals surface area (Å²) in [7, 11) is 0. The van der Waals surface area contributed by atoms with E-state index in [1.165, 1.54) is 6.07 Å². The fraction of sp³-hybridized carbons (Fsp3) is 0.548. The van der Waals surface area contributed by atoms with Crippen molar-refractivity contribution in [2.75, 3.05) is 0 Å². The summed E-state index contributed by atoms with van der Waals surface area (Å²) in [6.07, 6.45) is 0.373. The third-order valence-electron chi connectivity index (χ3n) is 8.39. The molecule has 2 aromatic rings. The van der Waals surface area contributed by atoms with Crippen molar-refractivity contribution in [1.29, 1.82) is 0 Å². The molecular weight excluding hydrogens is 540 g/mol. The summed E-state index contributed by atoms with van der Waals surface area (Å²) >= 11 is 0. The second kappa shape index (κ2) is 12.6. The fourth-order valence-corrected chi connectivity index (χ4v) is 6.28. The van der Waals surface area contributed by atoms with E-state index in [1.807, 2.05) is 19.1 Å². The van der Waals surface area contributed by atoms with Gasteiger partial charge in [-0.3, -0.25) is 0 Å². The first-order valence-corrected chi connectivity index (χ1v) is 13.9. The molecule has 0 aliphatic heterocycles. The highest BCUT2D eigenvalue weighted by Crippen LogP contribution is 2.45. The van der Waals surface area contributed by atoms with Gasteiger partial charge in [0, 0.05) is 0 Å². The van der Waals surface area contributed by atoms with Gasteiger partial charge in [-0.15, -0.1) is 0 Å². The highest BCUT2D eigenvalue weighted by molar-refractivity contribution is 5.31. The minimum absolute atomic E-state index is 0.232. The average molecular weight is 575 g/mol. The number of hydrogen-bond acceptors (Lipinski definition) is 1. The molecule has 220 valence electrons. The SMILES string of the molecule is CC/C=C/Cc1ccc(C(F)(F)OC2CCC(C3CCC(c4cc(F)c(C(F)(F)F)c(F)c4)CC3)CC2)c(F)c1. The molecule has 0 saturated heterocycles. The fourth-order valence-electron chi connectivity index (χ4n) is 6.28. The van der Waals surface area contributed by atoms with Gasteiger partial charge in [0.25, 0.3) is 0 Å². The molecule has 0 aromatic heterocycles. The minimum Gasteiger partial charge on any atom is -0.313 e. The van der Waals surface area contributed by atoms with Crippen LogP contribution in [0, 0.1) is 29.3 Å². The molecule has 0 heterocycles. The molecule has 2 aliphatic rings. The van der Waals surface area contributed by atoms with Gasteiger partial charge in [0.1, 0.15) is 23.0 Å². The van der Waals surface area contributed by atoms with E-state index in [1.54, 1.807) is 0 Å². The van der Waals surface area contributed by atoms with Crippen LogP contribution in [0.15, 0.2) is 42.5 Å². The summed E-state index contributed by atoms with van der Waals surface area (Å²) < 4.78 is 116. The summed E-state index contributed by atoms with van der Waals surface area (Å²) in [5.74, 6) is -3.84. The van der Waals surface area contributed by atoms with E-state index in [0.717, 1.165) is 43.5 Å². The van der Waals surface area contributed by atoms with E-state index in [0.29, 0.717) is 56.4 Å². The van der Waals surface area contributed by atoms with Crippen LogP contribution >= 0.6 is 0 Å². The third kappa shape index (κ3) is 7.25. The maximum Gasteiger partial charge on any atom is 0.422 e. The predicted molar refractivity (Wildman–Crippen MR) is 136 cm³/mol. The molecule has 40 heavy (non-hydrogen) atoms. The van der Waals surface area contributed by atoms with Crippen LogP contribution in [-0.4, -0.2) is 6.10 Å². The van der Waals surface area contributed by atoms with Crippen molar-refractivity contribution < 1.29 is 39.9 Å². The third-order valence-corrected chi connectivity index (χ3v) is 8.39. The molecule has 2 aliphatic carbocycles. The first kappa shape index (κ1) is 30.5. The Morgan fingerprint density at radius 1 is 0.750 bits per heavy atom. The Morgan fingerprint density at radius 3 is 1.85 bits per heavy atom. The molecule has 2 aromatic carbocycles. The van der Waals surface area contributed by atoms with Crippen LogP contribution in [0.1, 0.15) is 92.9 Å². The molecule has 0 spiro atoms. The predicted octanol–water partition coefficient (Wildman–Crippen LogP) is 10.2. The van der Waals surface area contributed by atoms with E-state index in [4.69, 9.17) is 4.74 Å². The zero-order valence-electron chi connectivity index (χ0n) is 22.4. The van der Waals surface area contributed by atoms with Gasteiger partial charge in [-0.1, -0.05) is 25.1 Å². The molecule has 9 heteroatoms. The smallest absolute Gasteiger partial charge is 0.313 e. The van der Waals surface area contributed by atoms with Gasteiger partial charge in [-0.05, 0) is 117 Å². The van der Waals surface area contributed by atoms with Crippen molar-refractivity contribution in [3.8, 4) is 0 Å². The topological polar surface area (TPSA) is 9.23 Å². The van der Waals surface area contributed by atoms with Crippen molar-refractivity contribution in [2.24, 2.45) is 11.8 Å². The lowest BCUT2D eigenvalue weighted by Crippen LogP contribution is -2.32. The van der Waals surface area contributed by atoms with Gasteiger partial charge < -0.3 is 4.74 Å². The number of benzene rings is 2. The van der Waals surface area contributed by atoms with E-state index in [9.17, 15) is 35.1 Å². The average Bonchev–Trinajstić information content (AvgIpc) is 2.88. The number of allylic oxidation sites excluding steroid dienone is 2. The van der Waals surface area contributed by atoms with Crippen LogP contribution in [-0.2, 0) is 23.4 Å². The largest absolute Gasteiger partial charge is 0.422 e. The van der Waals surface area contributed by atoms with Crippen molar-refractivity contribution in [2.45, 2.75) is 95.4 Å². The summed E-state index contributed by atoms with van der Waals surface area (Å²) in [6, 6.07) is 5.27. The molecule has 0 N–H and O–H groups in total. The van der Waals surface area contributed by atoms with E-state index >= 15 is 0 Å². The van der Waals surface area contributed by atoms with E-state index < -0.39 is 47.0 Å². The zero-order valence-corrected chi connectivity index (χ0v) is 22.4. The van der Waals surface area contributed by atoms with Crippen LogP contribution < -0.4 is 0 Å². The molecule has 1 nitrogen and oxygen atoms in total. The number of rotatable bonds is 8. The molecule has 0 atom stereocenters. The molecule has 4 rings (SSSR count). The lowest BCUT2D eigenvalue weighted by molar-refractivity contribution is -0.279. The first-order chi connectivity index (χ1) is 18.9. The van der Waals surface area contributed by atoms with Crippen molar-refractivity contribution in [3.05, 3.63) is 82.2 Å². The lowest BCUT2D eigenvalue weighted by atomic mass is 9.69. The van der Waals surface area contributed by atoms with Crippen LogP contribution in [0.2, 0.25) is 0 Å². The van der Waals surface area contributed by atoms with Gasteiger partial charge in [-0.25, -0.2) is 13.2 Å². The number of halogens is 8. The second-order valence-corrected chi connectivity index (χ2v) is 11.0. The molecular formula is C31H34F8O. The van der Waals surface area contributed by atoms with Gasteiger partial charge in [-0.2, -0.15) is 22.0 Å². The summed E-state index contributed by atoms with van der Waals surface area (Å²) in [4.78, 5) is 0. The van der Waals surface area contributed by atoms with Crippen LogP contribution in [0.3, 0.4) is 0 Å². The van der Waals surface area contributed by atoms with Crippen molar-refractivity contribution >= 4 is 0 Å². The van der Waals surface area contributed by atoms with E-state index in [-0.39, 0.29) is 17.4 Å². The molecule has 0 unspecified atom stereocenters. The molecule has 2 saturated carbocycles. The van der Waals surface area contributed by atoms with Crippen LogP contribution in [0.4, 0.5) is 35.1 Å². The normalized spacial score (nSPS) is 24.5. The van der Waals surface area contributed by atoms with Gasteiger partial charge >= 0.3 is 12.3 Å². The van der Waals surface area contributed by atoms with Crippen molar-refractivity contribution in [3.63, 3.8) is 0 Å². The second-order valence-electron chi connectivity index (χ2n) is 11.0. The number of alkyl halides is 5. The minimum atomic E-state index is -5.10. The van der Waals surface area contributed by atoms with Crippen LogP contribution in [0.25, 0.3) is 0 Å². The lowest BCUT2D eigenvalue weighted by Gasteiger charge is -2.38. The van der Waals surface area contributed by atoms with Crippen molar-refractivity contribution in [1.82, 2.24) is 0 Å². The highest BCUT2D eigenvalue weighted by atomic mass is 19.4. The Bertz CT molecular complexity index is 1150. The molecule has 2 fully saturated rings. The van der Waals surface area contributed by atoms with E-state index in [2.05, 4.69) is 0 Å². The summed E-state index contributed by atoms with van der Waals surface area (Å²) in [5, 5.41) is 0. The molecule has 0 amide bonds. The Kier molecular flexibility index (Phi) is 9.63. The quantitative estimate of drug-likeness (QED) is 0.225. The Morgan fingerprint density at radius 2 is 1.32 bits per heavy atom. The van der Waals surface area contributed by atoms with Gasteiger partial charge in [0.05, 0.1) is 11.7 Å². The van der Waals surface area contributed by atoms with Gasteiger partial charge in [0.15, 0.2) is 0 Å². The number of ether oxygens (including phenoxy) is 1. The molecule has 0 bridgehead atoms. The Hall–Kier alpha value is -2.42. The Labute approximate surface area is 229 Å². The number of hydrogen-bond donors (Lipinski definition) is 0. The maximum absolute atomic E-state index is 14.9. The molecule has 0 radical (unpaired) electrons. The Balaban J connectivity index is 1.28. The first-order valence-electron chi connectivity index (χ1n) is 13.9. The highest BCUT2D eigenvalue weighted by Gasteiger charge is 2.41. The zero-order chi connectivity index (χ0) is 29.1. The maximum atomic E-state index is 14.9. The summed E-state index contributed by atoms with van der Waals surface area (Å²) in [5.41, 5.74) is -1.80. The van der Waals surface area contributed by atoms with Crippen LogP contribution in [0.5, 0.6) is 0 Å².